The van der Waals surface area contributed by atoms with E-state index in [2.05, 4.69) is 27.0 Å². The quantitative estimate of drug-likeness (QED) is 0.585. The normalized spacial score (nSPS) is 15.2. The molecule has 1 aliphatic rings. The molecule has 10 heteroatoms. The Bertz CT molecular complexity index is 1050. The molecule has 2 heterocycles. The molecule has 1 fully saturated rings. The van der Waals surface area contributed by atoms with E-state index in [4.69, 9.17) is 11.6 Å². The molecule has 0 saturated carbocycles. The van der Waals surface area contributed by atoms with Crippen LogP contribution < -0.4 is 10.2 Å². The molecule has 1 amide bonds. The van der Waals surface area contributed by atoms with Crippen molar-refractivity contribution in [1.82, 2.24) is 14.2 Å². The lowest BCUT2D eigenvalue weighted by Gasteiger charge is -2.36. The summed E-state index contributed by atoms with van der Waals surface area (Å²) in [6, 6.07) is 8.14. The summed E-state index contributed by atoms with van der Waals surface area (Å²) in [5.41, 5.74) is 1.45. The number of piperazine rings is 1. The molecule has 1 aliphatic heterocycles. The number of anilines is 2. The van der Waals surface area contributed by atoms with E-state index < -0.39 is 15.9 Å². The third-order valence-corrected chi connectivity index (χ3v) is 8.07. The number of aromatic nitrogens is 1. The van der Waals surface area contributed by atoms with Crippen molar-refractivity contribution in [3.63, 3.8) is 0 Å². The molecule has 32 heavy (non-hydrogen) atoms. The lowest BCUT2D eigenvalue weighted by molar-refractivity contribution is 0.102. The largest absolute Gasteiger partial charge is 0.367 e. The van der Waals surface area contributed by atoms with Crippen molar-refractivity contribution in [3.8, 4) is 0 Å². The van der Waals surface area contributed by atoms with Crippen molar-refractivity contribution in [2.75, 3.05) is 56.0 Å². The number of nitrogens with zero attached hydrogens (tertiary/aromatic N) is 4. The molecule has 1 saturated heterocycles. The molecule has 0 aliphatic carbocycles. The van der Waals surface area contributed by atoms with Crippen LogP contribution in [0.15, 0.2) is 41.4 Å². The third kappa shape index (κ3) is 5.23. The average Bonchev–Trinajstić information content (AvgIpc) is 2.80. The summed E-state index contributed by atoms with van der Waals surface area (Å²) >= 11 is 6.10. The Balaban J connectivity index is 2.00. The number of halogens is 1. The maximum Gasteiger partial charge on any atom is 0.258 e. The van der Waals surface area contributed by atoms with E-state index in [0.29, 0.717) is 18.8 Å². The predicted octanol–water partition coefficient (Wildman–Crippen LogP) is 3.16. The summed E-state index contributed by atoms with van der Waals surface area (Å²) < 4.78 is 27.6. The van der Waals surface area contributed by atoms with Crippen LogP contribution in [0.3, 0.4) is 0 Å². The van der Waals surface area contributed by atoms with Crippen molar-refractivity contribution >= 4 is 38.9 Å². The van der Waals surface area contributed by atoms with Gasteiger partial charge in [0.1, 0.15) is 5.15 Å². The van der Waals surface area contributed by atoms with Crippen LogP contribution in [-0.4, -0.2) is 74.3 Å². The second-order valence-corrected chi connectivity index (χ2v) is 9.78. The summed E-state index contributed by atoms with van der Waals surface area (Å²) in [6.07, 6.45) is 1.51. The number of pyridine rings is 1. The molecule has 1 N–H and O–H groups in total. The number of likely N-dealkylation sites (N-methyl/N-ethyl adjacent to an activating group) is 1. The van der Waals surface area contributed by atoms with Crippen LogP contribution in [0.25, 0.3) is 0 Å². The minimum Gasteiger partial charge on any atom is -0.367 e. The first-order chi connectivity index (χ1) is 15.3. The van der Waals surface area contributed by atoms with E-state index >= 15 is 0 Å². The molecule has 0 bridgehead atoms. The molecule has 1 aromatic carbocycles. The van der Waals surface area contributed by atoms with Gasteiger partial charge in [0.25, 0.3) is 5.91 Å². The van der Waals surface area contributed by atoms with Crippen molar-refractivity contribution in [2.45, 2.75) is 25.7 Å². The summed E-state index contributed by atoms with van der Waals surface area (Å²) in [4.78, 5) is 21.6. The van der Waals surface area contributed by atoms with E-state index in [1.54, 1.807) is 38.1 Å². The monoisotopic (exact) mass is 479 g/mol. The summed E-state index contributed by atoms with van der Waals surface area (Å²) in [6.45, 7) is 10.8. The number of nitrogens with one attached hydrogen (secondary N) is 1. The first-order valence-corrected chi connectivity index (χ1v) is 12.7. The van der Waals surface area contributed by atoms with E-state index in [0.717, 1.165) is 38.4 Å². The molecule has 174 valence electrons. The van der Waals surface area contributed by atoms with Gasteiger partial charge < -0.3 is 15.1 Å². The predicted molar refractivity (Wildman–Crippen MR) is 128 cm³/mol. The van der Waals surface area contributed by atoms with Gasteiger partial charge in [0.15, 0.2) is 0 Å². The van der Waals surface area contributed by atoms with E-state index in [-0.39, 0.29) is 15.6 Å². The fourth-order valence-corrected chi connectivity index (χ4v) is 5.50. The third-order valence-electron chi connectivity index (χ3n) is 5.72. The Morgan fingerprint density at radius 2 is 1.81 bits per heavy atom. The highest BCUT2D eigenvalue weighted by atomic mass is 35.5. The highest BCUT2D eigenvalue weighted by Gasteiger charge is 2.26. The fraction of sp³-hybridized carbons (Fsp3) is 0.455. The molecule has 0 radical (unpaired) electrons. The minimum absolute atomic E-state index is 0.0926. The second-order valence-electron chi connectivity index (χ2n) is 7.49. The van der Waals surface area contributed by atoms with Gasteiger partial charge >= 0.3 is 0 Å². The Morgan fingerprint density at radius 3 is 2.41 bits per heavy atom. The van der Waals surface area contributed by atoms with Gasteiger partial charge in [-0.3, -0.25) is 4.79 Å². The number of amides is 1. The van der Waals surface area contributed by atoms with Gasteiger partial charge in [0.2, 0.25) is 10.0 Å². The van der Waals surface area contributed by atoms with Gasteiger partial charge in [0.05, 0.1) is 21.8 Å². The van der Waals surface area contributed by atoms with Crippen molar-refractivity contribution in [3.05, 3.63) is 47.2 Å². The molecule has 1 aromatic heterocycles. The molecule has 3 rings (SSSR count). The Labute approximate surface area is 195 Å². The molecule has 0 atom stereocenters. The average molecular weight is 480 g/mol. The summed E-state index contributed by atoms with van der Waals surface area (Å²) in [5, 5.41) is 2.97. The molecular weight excluding hydrogens is 450 g/mol. The van der Waals surface area contributed by atoms with Gasteiger partial charge in [0, 0.05) is 45.5 Å². The molecule has 0 spiro atoms. The highest BCUT2D eigenvalue weighted by Crippen LogP contribution is 2.32. The van der Waals surface area contributed by atoms with E-state index in [1.807, 2.05) is 0 Å². The number of hydrogen-bond donors (Lipinski definition) is 1. The van der Waals surface area contributed by atoms with Crippen LogP contribution in [0.5, 0.6) is 0 Å². The minimum atomic E-state index is -3.68. The zero-order chi connectivity index (χ0) is 23.3. The first-order valence-electron chi connectivity index (χ1n) is 10.8. The molecular formula is C22H30ClN5O3S. The van der Waals surface area contributed by atoms with Crippen LogP contribution in [0.4, 0.5) is 11.4 Å². The number of benzene rings is 1. The Morgan fingerprint density at radius 1 is 1.12 bits per heavy atom. The van der Waals surface area contributed by atoms with Gasteiger partial charge in [-0.2, -0.15) is 4.31 Å². The number of carbonyl (C=O) groups excluding carboxylic acids is 1. The number of hydrogen-bond acceptors (Lipinski definition) is 6. The van der Waals surface area contributed by atoms with Crippen LogP contribution in [0.1, 0.15) is 31.1 Å². The van der Waals surface area contributed by atoms with E-state index in [9.17, 15) is 13.2 Å². The Hall–Kier alpha value is -2.20. The van der Waals surface area contributed by atoms with Crippen molar-refractivity contribution in [1.29, 1.82) is 0 Å². The van der Waals surface area contributed by atoms with E-state index in [1.165, 1.54) is 16.6 Å². The fourth-order valence-electron chi connectivity index (χ4n) is 3.81. The zero-order valence-corrected chi connectivity index (χ0v) is 20.3. The zero-order valence-electron chi connectivity index (χ0n) is 18.7. The molecule has 8 nitrogen and oxygen atoms in total. The standard InChI is InChI=1S/C22H30ClN5O3S/c1-4-26-12-14-27(15-13-26)20-10-9-17(32(30,31)28(5-2)6-3)16-19(20)25-22(29)18-8-7-11-24-21(18)23/h7-11,16H,4-6,12-15H2,1-3H3,(H,25,29). The lowest BCUT2D eigenvalue weighted by Crippen LogP contribution is -2.46. The summed E-state index contributed by atoms with van der Waals surface area (Å²) in [7, 11) is -3.68. The Kier molecular flexibility index (Phi) is 8.10. The second kappa shape index (κ2) is 10.6. The van der Waals surface area contributed by atoms with Crippen LogP contribution in [-0.2, 0) is 10.0 Å². The first kappa shape index (κ1) is 24.4. The highest BCUT2D eigenvalue weighted by molar-refractivity contribution is 7.89. The van der Waals surface area contributed by atoms with Crippen molar-refractivity contribution < 1.29 is 13.2 Å². The SMILES string of the molecule is CCN1CCN(c2ccc(S(=O)(=O)N(CC)CC)cc2NC(=O)c2cccnc2Cl)CC1. The van der Waals surface area contributed by atoms with Crippen LogP contribution in [0, 0.1) is 0 Å². The maximum absolute atomic E-state index is 13.1. The van der Waals surface area contributed by atoms with Gasteiger partial charge in [-0.1, -0.05) is 32.4 Å². The molecule has 2 aromatic rings. The van der Waals surface area contributed by atoms with Gasteiger partial charge in [-0.15, -0.1) is 0 Å². The number of sulfonamides is 1. The van der Waals surface area contributed by atoms with Gasteiger partial charge in [-0.05, 0) is 36.9 Å². The summed E-state index contributed by atoms with van der Waals surface area (Å²) in [5.74, 6) is -0.436. The lowest BCUT2D eigenvalue weighted by atomic mass is 10.2. The van der Waals surface area contributed by atoms with Crippen LogP contribution >= 0.6 is 11.6 Å². The smallest absolute Gasteiger partial charge is 0.258 e. The molecule has 0 unspecified atom stereocenters. The van der Waals surface area contributed by atoms with Gasteiger partial charge in [-0.25, -0.2) is 13.4 Å². The topological polar surface area (TPSA) is 85.9 Å². The number of rotatable bonds is 8. The van der Waals surface area contributed by atoms with Crippen LogP contribution in [0.2, 0.25) is 5.15 Å². The van der Waals surface area contributed by atoms with Crippen molar-refractivity contribution in [2.24, 2.45) is 0 Å². The maximum atomic E-state index is 13.1. The number of carbonyl (C=O) groups is 1.